The predicted octanol–water partition coefficient (Wildman–Crippen LogP) is 2.55. The van der Waals surface area contributed by atoms with E-state index in [2.05, 4.69) is 29.4 Å². The number of aromatic carboxylic acids is 1. The van der Waals surface area contributed by atoms with E-state index in [1.54, 1.807) is 24.3 Å². The summed E-state index contributed by atoms with van der Waals surface area (Å²) in [5.74, 6) is 0.229. The van der Waals surface area contributed by atoms with Crippen molar-refractivity contribution < 1.29 is 14.7 Å². The van der Waals surface area contributed by atoms with Crippen LogP contribution in [0.2, 0.25) is 0 Å². The lowest BCUT2D eigenvalue weighted by Gasteiger charge is -2.33. The minimum atomic E-state index is -0.948. The van der Waals surface area contributed by atoms with Gasteiger partial charge in [-0.1, -0.05) is 26.0 Å². The van der Waals surface area contributed by atoms with E-state index in [0.29, 0.717) is 24.9 Å². The highest BCUT2D eigenvalue weighted by Gasteiger charge is 2.20. The lowest BCUT2D eigenvalue weighted by atomic mass is 9.97. The standard InChI is InChI=1S/C19H29N3O3/c1-14(2)12-22-9-3-4-16(13-22)11-21-19(25)20-10-15-5-7-17(8-6-15)18(23)24/h5-8,14,16H,3-4,9-13H2,1-2H3,(H,23,24)(H2,20,21,25). The number of carboxylic acid groups (broad SMARTS) is 1. The van der Waals surface area contributed by atoms with Crippen LogP contribution in [0.15, 0.2) is 24.3 Å². The van der Waals surface area contributed by atoms with Crippen molar-refractivity contribution in [2.75, 3.05) is 26.2 Å². The van der Waals surface area contributed by atoms with Crippen molar-refractivity contribution in [3.8, 4) is 0 Å². The molecule has 6 heteroatoms. The lowest BCUT2D eigenvalue weighted by molar-refractivity contribution is 0.0697. The number of likely N-dealkylation sites (tertiary alicyclic amines) is 1. The first kappa shape index (κ1) is 19.2. The van der Waals surface area contributed by atoms with Gasteiger partial charge in [-0.3, -0.25) is 0 Å². The molecule has 6 nitrogen and oxygen atoms in total. The third kappa shape index (κ3) is 6.74. The summed E-state index contributed by atoms with van der Waals surface area (Å²) >= 11 is 0. The number of carbonyl (C=O) groups excluding carboxylic acids is 1. The number of rotatable bonds is 7. The van der Waals surface area contributed by atoms with Crippen LogP contribution < -0.4 is 10.6 Å². The quantitative estimate of drug-likeness (QED) is 0.708. The molecule has 25 heavy (non-hydrogen) atoms. The Bertz CT molecular complexity index is 572. The third-order valence-corrected chi connectivity index (χ3v) is 4.43. The fraction of sp³-hybridized carbons (Fsp3) is 0.579. The summed E-state index contributed by atoms with van der Waals surface area (Å²) in [6.07, 6.45) is 2.35. The maximum atomic E-state index is 12.0. The van der Waals surface area contributed by atoms with Crippen LogP contribution >= 0.6 is 0 Å². The zero-order chi connectivity index (χ0) is 18.2. The van der Waals surface area contributed by atoms with E-state index < -0.39 is 5.97 Å². The Morgan fingerprint density at radius 2 is 1.96 bits per heavy atom. The molecule has 1 saturated heterocycles. The van der Waals surface area contributed by atoms with E-state index in [9.17, 15) is 9.59 Å². The van der Waals surface area contributed by atoms with E-state index in [0.717, 1.165) is 31.6 Å². The molecule has 1 unspecified atom stereocenters. The number of nitrogens with zero attached hydrogens (tertiary/aromatic N) is 1. The first-order valence-electron chi connectivity index (χ1n) is 9.00. The number of urea groups is 1. The van der Waals surface area contributed by atoms with Gasteiger partial charge in [0, 0.05) is 26.2 Å². The molecular weight excluding hydrogens is 318 g/mol. The summed E-state index contributed by atoms with van der Waals surface area (Å²) in [5.41, 5.74) is 1.12. The van der Waals surface area contributed by atoms with Crippen LogP contribution in [0.1, 0.15) is 42.6 Å². The first-order chi connectivity index (χ1) is 11.9. The van der Waals surface area contributed by atoms with Gasteiger partial charge < -0.3 is 20.6 Å². The molecule has 1 aromatic carbocycles. The number of nitrogens with one attached hydrogen (secondary N) is 2. The van der Waals surface area contributed by atoms with Crippen molar-refractivity contribution in [1.29, 1.82) is 0 Å². The summed E-state index contributed by atoms with van der Waals surface area (Å²) in [5, 5.41) is 14.6. The van der Waals surface area contributed by atoms with Gasteiger partial charge in [0.15, 0.2) is 0 Å². The monoisotopic (exact) mass is 347 g/mol. The van der Waals surface area contributed by atoms with Gasteiger partial charge in [-0.2, -0.15) is 0 Å². The fourth-order valence-corrected chi connectivity index (χ4v) is 3.25. The van der Waals surface area contributed by atoms with Crippen molar-refractivity contribution in [1.82, 2.24) is 15.5 Å². The molecule has 0 saturated carbocycles. The molecule has 1 aliphatic rings. The zero-order valence-corrected chi connectivity index (χ0v) is 15.1. The fourth-order valence-electron chi connectivity index (χ4n) is 3.25. The minimum Gasteiger partial charge on any atom is -0.478 e. The molecule has 138 valence electrons. The number of hydrogen-bond acceptors (Lipinski definition) is 3. The topological polar surface area (TPSA) is 81.7 Å². The second-order valence-electron chi connectivity index (χ2n) is 7.23. The second-order valence-corrected chi connectivity index (χ2v) is 7.23. The van der Waals surface area contributed by atoms with Crippen molar-refractivity contribution >= 4 is 12.0 Å². The minimum absolute atomic E-state index is 0.178. The van der Waals surface area contributed by atoms with E-state index in [1.165, 1.54) is 6.42 Å². The Morgan fingerprint density at radius 1 is 1.24 bits per heavy atom. The average molecular weight is 347 g/mol. The van der Waals surface area contributed by atoms with Crippen LogP contribution in [0, 0.1) is 11.8 Å². The van der Waals surface area contributed by atoms with Crippen molar-refractivity contribution in [3.05, 3.63) is 35.4 Å². The molecule has 0 aromatic heterocycles. The van der Waals surface area contributed by atoms with E-state index >= 15 is 0 Å². The molecule has 1 heterocycles. The Hall–Kier alpha value is -2.08. The molecule has 3 N–H and O–H groups in total. The molecule has 1 aromatic rings. The van der Waals surface area contributed by atoms with Crippen molar-refractivity contribution in [3.63, 3.8) is 0 Å². The van der Waals surface area contributed by atoms with E-state index in [1.807, 2.05) is 0 Å². The smallest absolute Gasteiger partial charge is 0.335 e. The van der Waals surface area contributed by atoms with Gasteiger partial charge in [-0.15, -0.1) is 0 Å². The number of carboxylic acids is 1. The molecule has 1 atom stereocenters. The number of hydrogen-bond donors (Lipinski definition) is 3. The Kier molecular flexibility index (Phi) is 7.25. The van der Waals surface area contributed by atoms with Crippen LogP contribution in [-0.2, 0) is 6.54 Å². The molecule has 1 aliphatic heterocycles. The van der Waals surface area contributed by atoms with Gasteiger partial charge in [-0.05, 0) is 48.9 Å². The number of piperidine rings is 1. The van der Waals surface area contributed by atoms with Crippen LogP contribution in [0.25, 0.3) is 0 Å². The summed E-state index contributed by atoms with van der Waals surface area (Å²) < 4.78 is 0. The zero-order valence-electron chi connectivity index (χ0n) is 15.1. The number of amides is 2. The molecule has 1 fully saturated rings. The van der Waals surface area contributed by atoms with E-state index in [-0.39, 0.29) is 11.6 Å². The Morgan fingerprint density at radius 3 is 2.60 bits per heavy atom. The van der Waals surface area contributed by atoms with Gasteiger partial charge in [0.05, 0.1) is 5.56 Å². The van der Waals surface area contributed by atoms with Gasteiger partial charge in [0.1, 0.15) is 0 Å². The summed E-state index contributed by atoms with van der Waals surface area (Å²) in [4.78, 5) is 25.3. The molecule has 0 spiro atoms. The van der Waals surface area contributed by atoms with E-state index in [4.69, 9.17) is 5.11 Å². The van der Waals surface area contributed by atoms with Crippen LogP contribution in [-0.4, -0.2) is 48.2 Å². The largest absolute Gasteiger partial charge is 0.478 e. The van der Waals surface area contributed by atoms with Gasteiger partial charge >= 0.3 is 12.0 Å². The normalized spacial score (nSPS) is 18.1. The summed E-state index contributed by atoms with van der Waals surface area (Å²) in [6.45, 7) is 8.88. The molecule has 2 amide bonds. The predicted molar refractivity (Wildman–Crippen MR) is 97.6 cm³/mol. The highest BCUT2D eigenvalue weighted by Crippen LogP contribution is 2.16. The van der Waals surface area contributed by atoms with Gasteiger partial charge in [-0.25, -0.2) is 9.59 Å². The maximum absolute atomic E-state index is 12.0. The second kappa shape index (κ2) is 9.42. The number of carbonyl (C=O) groups is 2. The van der Waals surface area contributed by atoms with Crippen molar-refractivity contribution in [2.45, 2.75) is 33.2 Å². The lowest BCUT2D eigenvalue weighted by Crippen LogP contribution is -2.44. The Balaban J connectivity index is 1.69. The van der Waals surface area contributed by atoms with Crippen LogP contribution in [0.4, 0.5) is 4.79 Å². The summed E-state index contributed by atoms with van der Waals surface area (Å²) in [7, 11) is 0. The average Bonchev–Trinajstić information content (AvgIpc) is 2.58. The molecular formula is C19H29N3O3. The molecule has 0 radical (unpaired) electrons. The Labute approximate surface area is 149 Å². The third-order valence-electron chi connectivity index (χ3n) is 4.43. The molecule has 2 rings (SSSR count). The van der Waals surface area contributed by atoms with Crippen LogP contribution in [0.5, 0.6) is 0 Å². The summed E-state index contributed by atoms with van der Waals surface area (Å²) in [6, 6.07) is 6.34. The maximum Gasteiger partial charge on any atom is 0.335 e. The van der Waals surface area contributed by atoms with Crippen molar-refractivity contribution in [2.24, 2.45) is 11.8 Å². The van der Waals surface area contributed by atoms with Gasteiger partial charge in [0.2, 0.25) is 0 Å². The highest BCUT2D eigenvalue weighted by molar-refractivity contribution is 5.87. The number of benzene rings is 1. The van der Waals surface area contributed by atoms with Crippen LogP contribution in [0.3, 0.4) is 0 Å². The molecule has 0 aliphatic carbocycles. The molecule has 0 bridgehead atoms. The van der Waals surface area contributed by atoms with Gasteiger partial charge in [0.25, 0.3) is 0 Å². The highest BCUT2D eigenvalue weighted by atomic mass is 16.4. The first-order valence-corrected chi connectivity index (χ1v) is 9.00. The SMILES string of the molecule is CC(C)CN1CCCC(CNC(=O)NCc2ccc(C(=O)O)cc2)C1.